The molecule has 0 bridgehead atoms. The smallest absolute Gasteiger partial charge is 0.371 e. The van der Waals surface area contributed by atoms with Crippen LogP contribution in [0.1, 0.15) is 10.6 Å². The number of furan rings is 1. The molecule has 112 valence electrons. The number of sulfonamides is 1. The van der Waals surface area contributed by atoms with Gasteiger partial charge in [0, 0.05) is 14.1 Å². The van der Waals surface area contributed by atoms with E-state index in [2.05, 4.69) is 9.71 Å². The summed E-state index contributed by atoms with van der Waals surface area (Å²) in [6.45, 7) is 0. The van der Waals surface area contributed by atoms with Crippen molar-refractivity contribution >= 4 is 27.5 Å². The summed E-state index contributed by atoms with van der Waals surface area (Å²) in [7, 11) is -0.377. The lowest BCUT2D eigenvalue weighted by Gasteiger charge is -2.11. The van der Waals surface area contributed by atoms with Crippen molar-refractivity contribution < 1.29 is 22.7 Å². The van der Waals surface area contributed by atoms with Gasteiger partial charge in [-0.05, 0) is 24.3 Å². The molecule has 0 spiro atoms. The number of carboxylic acids is 1. The number of anilines is 2. The first-order chi connectivity index (χ1) is 9.79. The Bertz CT molecular complexity index is 749. The Morgan fingerprint density at radius 1 is 1.29 bits per heavy atom. The van der Waals surface area contributed by atoms with Crippen molar-refractivity contribution in [2.75, 3.05) is 23.7 Å². The van der Waals surface area contributed by atoms with Crippen molar-refractivity contribution in [3.05, 3.63) is 36.2 Å². The van der Waals surface area contributed by atoms with Crippen LogP contribution in [0, 0.1) is 0 Å². The Kier molecular flexibility index (Phi) is 3.85. The van der Waals surface area contributed by atoms with E-state index in [0.717, 1.165) is 12.1 Å². The minimum Gasteiger partial charge on any atom is -0.475 e. The molecular weight excluding hydrogens is 298 g/mol. The number of rotatable bonds is 5. The number of pyridine rings is 1. The van der Waals surface area contributed by atoms with Gasteiger partial charge in [-0.2, -0.15) is 8.42 Å². The molecule has 0 radical (unpaired) electrons. The SMILES string of the molecule is CN(C)c1ccc(NS(=O)(=O)c2ccc(C(=O)O)o2)cn1. The molecule has 21 heavy (non-hydrogen) atoms. The number of nitrogens with zero attached hydrogens (tertiary/aromatic N) is 2. The van der Waals surface area contributed by atoms with Gasteiger partial charge in [0.15, 0.2) is 0 Å². The lowest BCUT2D eigenvalue weighted by atomic mass is 10.4. The summed E-state index contributed by atoms with van der Waals surface area (Å²) < 4.78 is 31.1. The van der Waals surface area contributed by atoms with Crippen LogP contribution < -0.4 is 9.62 Å². The molecular formula is C12H13N3O5S. The molecule has 0 unspecified atom stereocenters. The highest BCUT2D eigenvalue weighted by Gasteiger charge is 2.21. The molecule has 2 aromatic rings. The van der Waals surface area contributed by atoms with Gasteiger partial charge in [0.2, 0.25) is 10.9 Å². The third-order valence-corrected chi connectivity index (χ3v) is 3.77. The Morgan fingerprint density at radius 2 is 2.00 bits per heavy atom. The van der Waals surface area contributed by atoms with E-state index < -0.39 is 26.8 Å². The number of carboxylic acid groups (broad SMARTS) is 1. The van der Waals surface area contributed by atoms with E-state index in [1.54, 1.807) is 17.0 Å². The van der Waals surface area contributed by atoms with Crippen molar-refractivity contribution in [2.45, 2.75) is 5.09 Å². The van der Waals surface area contributed by atoms with Crippen LogP contribution in [0.3, 0.4) is 0 Å². The monoisotopic (exact) mass is 311 g/mol. The van der Waals surface area contributed by atoms with Gasteiger partial charge in [-0.1, -0.05) is 0 Å². The molecule has 0 aliphatic carbocycles. The number of nitrogens with one attached hydrogen (secondary N) is 1. The second kappa shape index (κ2) is 5.44. The van der Waals surface area contributed by atoms with E-state index in [-0.39, 0.29) is 5.69 Å². The molecule has 0 aromatic carbocycles. The highest BCUT2D eigenvalue weighted by Crippen LogP contribution is 2.19. The summed E-state index contributed by atoms with van der Waals surface area (Å²) in [6.07, 6.45) is 1.36. The van der Waals surface area contributed by atoms with Crippen molar-refractivity contribution in [2.24, 2.45) is 0 Å². The third-order valence-electron chi connectivity index (χ3n) is 2.52. The van der Waals surface area contributed by atoms with Crippen molar-refractivity contribution in [3.63, 3.8) is 0 Å². The predicted molar refractivity (Wildman–Crippen MR) is 75.0 cm³/mol. The summed E-state index contributed by atoms with van der Waals surface area (Å²) in [5.74, 6) is -1.12. The van der Waals surface area contributed by atoms with Crippen LogP contribution in [0.2, 0.25) is 0 Å². The van der Waals surface area contributed by atoms with Gasteiger partial charge in [-0.15, -0.1) is 0 Å². The Labute approximate surface area is 121 Å². The quantitative estimate of drug-likeness (QED) is 0.854. The first kappa shape index (κ1) is 14.9. The van der Waals surface area contributed by atoms with Crippen LogP contribution in [0.5, 0.6) is 0 Å². The average molecular weight is 311 g/mol. The number of aromatic nitrogens is 1. The average Bonchev–Trinajstić information content (AvgIpc) is 2.89. The van der Waals surface area contributed by atoms with Crippen molar-refractivity contribution in [3.8, 4) is 0 Å². The van der Waals surface area contributed by atoms with E-state index in [0.29, 0.717) is 5.82 Å². The maximum absolute atomic E-state index is 12.0. The van der Waals surface area contributed by atoms with Crippen molar-refractivity contribution in [1.82, 2.24) is 4.98 Å². The lowest BCUT2D eigenvalue weighted by molar-refractivity contribution is 0.0656. The molecule has 0 aliphatic heterocycles. The fourth-order valence-corrected chi connectivity index (χ4v) is 2.47. The van der Waals surface area contributed by atoms with Crippen LogP contribution in [-0.4, -0.2) is 38.6 Å². The third kappa shape index (κ3) is 3.31. The molecule has 0 atom stereocenters. The molecule has 0 amide bonds. The topological polar surface area (TPSA) is 113 Å². The number of aromatic carboxylic acids is 1. The van der Waals surface area contributed by atoms with Gasteiger partial charge in [0.1, 0.15) is 5.82 Å². The summed E-state index contributed by atoms with van der Waals surface area (Å²) in [5.41, 5.74) is 0.244. The molecule has 2 N–H and O–H groups in total. The summed E-state index contributed by atoms with van der Waals surface area (Å²) in [5, 5.41) is 8.24. The summed E-state index contributed by atoms with van der Waals surface area (Å²) in [4.78, 5) is 16.5. The molecule has 0 aliphatic rings. The fraction of sp³-hybridized carbons (Fsp3) is 0.167. The Morgan fingerprint density at radius 3 is 2.48 bits per heavy atom. The van der Waals surface area contributed by atoms with E-state index >= 15 is 0 Å². The normalized spacial score (nSPS) is 11.1. The molecule has 2 aromatic heterocycles. The van der Waals surface area contributed by atoms with E-state index in [9.17, 15) is 13.2 Å². The van der Waals surface area contributed by atoms with E-state index in [4.69, 9.17) is 9.52 Å². The van der Waals surface area contributed by atoms with Crippen LogP contribution >= 0.6 is 0 Å². The van der Waals surface area contributed by atoms with Crippen molar-refractivity contribution in [1.29, 1.82) is 0 Å². The predicted octanol–water partition coefficient (Wildman–Crippen LogP) is 1.24. The Balaban J connectivity index is 2.22. The second-order valence-electron chi connectivity index (χ2n) is 4.33. The number of carbonyl (C=O) groups is 1. The van der Waals surface area contributed by atoms with Gasteiger partial charge in [0.05, 0.1) is 11.9 Å². The highest BCUT2D eigenvalue weighted by atomic mass is 32.2. The van der Waals surface area contributed by atoms with E-state index in [1.165, 1.54) is 6.20 Å². The molecule has 2 heterocycles. The largest absolute Gasteiger partial charge is 0.475 e. The maximum atomic E-state index is 12.0. The number of hydrogen-bond acceptors (Lipinski definition) is 6. The van der Waals surface area contributed by atoms with Crippen LogP contribution in [0.4, 0.5) is 11.5 Å². The maximum Gasteiger partial charge on any atom is 0.371 e. The minimum atomic E-state index is -3.99. The zero-order valence-electron chi connectivity index (χ0n) is 11.3. The molecule has 0 fully saturated rings. The highest BCUT2D eigenvalue weighted by molar-refractivity contribution is 7.92. The molecule has 0 saturated heterocycles. The Hall–Kier alpha value is -2.55. The van der Waals surface area contributed by atoms with E-state index in [1.807, 2.05) is 14.1 Å². The molecule has 9 heteroatoms. The second-order valence-corrected chi connectivity index (χ2v) is 5.94. The first-order valence-corrected chi connectivity index (χ1v) is 7.27. The standard InChI is InChI=1S/C12H13N3O5S/c1-15(2)10-5-3-8(7-13-10)14-21(18,19)11-6-4-9(20-11)12(16)17/h3-7,14H,1-2H3,(H,16,17). The van der Waals surface area contributed by atoms with Crippen LogP contribution in [-0.2, 0) is 10.0 Å². The molecule has 2 rings (SSSR count). The fourth-order valence-electron chi connectivity index (χ4n) is 1.50. The van der Waals surface area contributed by atoms with Crippen LogP contribution in [0.15, 0.2) is 40.0 Å². The molecule has 0 saturated carbocycles. The van der Waals surface area contributed by atoms with Gasteiger partial charge < -0.3 is 14.4 Å². The zero-order valence-corrected chi connectivity index (χ0v) is 12.1. The van der Waals surface area contributed by atoms with Gasteiger partial charge >= 0.3 is 5.97 Å². The summed E-state index contributed by atoms with van der Waals surface area (Å²) >= 11 is 0. The molecule has 8 nitrogen and oxygen atoms in total. The first-order valence-electron chi connectivity index (χ1n) is 5.79. The zero-order chi connectivity index (χ0) is 15.6. The minimum absolute atomic E-state index is 0.244. The van der Waals surface area contributed by atoms with Gasteiger partial charge in [-0.3, -0.25) is 4.72 Å². The summed E-state index contributed by atoms with van der Waals surface area (Å²) in [6, 6.07) is 5.33. The van der Waals surface area contributed by atoms with Gasteiger partial charge in [0.25, 0.3) is 10.0 Å². The van der Waals surface area contributed by atoms with Gasteiger partial charge in [-0.25, -0.2) is 9.78 Å². The lowest BCUT2D eigenvalue weighted by Crippen LogP contribution is -2.14. The van der Waals surface area contributed by atoms with Crippen LogP contribution in [0.25, 0.3) is 0 Å². The number of hydrogen-bond donors (Lipinski definition) is 2.